The van der Waals surface area contributed by atoms with Crippen molar-refractivity contribution in [1.82, 2.24) is 24.3 Å². The van der Waals surface area contributed by atoms with Gasteiger partial charge in [-0.3, -0.25) is 9.36 Å². The molecule has 1 N–H and O–H groups in total. The molecule has 0 radical (unpaired) electrons. The molecule has 2 aliphatic rings. The van der Waals surface area contributed by atoms with Crippen LogP contribution >= 0.6 is 0 Å². The normalized spacial score (nSPS) is 19.2. The van der Waals surface area contributed by atoms with Gasteiger partial charge in [-0.05, 0) is 49.7 Å². The van der Waals surface area contributed by atoms with E-state index in [-0.39, 0.29) is 11.1 Å². The Kier molecular flexibility index (Phi) is 4.75. The zero-order chi connectivity index (χ0) is 19.8. The molecule has 0 bridgehead atoms. The van der Waals surface area contributed by atoms with Gasteiger partial charge in [0.1, 0.15) is 0 Å². The highest BCUT2D eigenvalue weighted by Gasteiger charge is 2.31. The summed E-state index contributed by atoms with van der Waals surface area (Å²) in [4.78, 5) is 0. The van der Waals surface area contributed by atoms with Crippen LogP contribution in [0.5, 0.6) is 0 Å². The molecule has 2 heterocycles. The fourth-order valence-corrected chi connectivity index (χ4v) is 5.49. The van der Waals surface area contributed by atoms with Crippen molar-refractivity contribution in [2.45, 2.75) is 56.3 Å². The van der Waals surface area contributed by atoms with E-state index >= 15 is 0 Å². The first-order chi connectivity index (χ1) is 14.1. The molecule has 29 heavy (non-hydrogen) atoms. The minimum atomic E-state index is -3.64. The Bertz CT molecular complexity index is 1100. The lowest BCUT2D eigenvalue weighted by Crippen LogP contribution is -2.32. The largest absolute Gasteiger partial charge is 0.265 e. The highest BCUT2D eigenvalue weighted by molar-refractivity contribution is 7.89. The molecule has 1 atom stereocenters. The van der Waals surface area contributed by atoms with E-state index in [0.29, 0.717) is 19.0 Å². The topological polar surface area (TPSA) is 81.8 Å². The maximum atomic E-state index is 13.1. The molecule has 7 nitrogen and oxygen atoms in total. The summed E-state index contributed by atoms with van der Waals surface area (Å²) in [5, 5.41) is 9.06. The van der Waals surface area contributed by atoms with Crippen molar-refractivity contribution < 1.29 is 8.42 Å². The number of benzene rings is 1. The predicted molar refractivity (Wildman–Crippen MR) is 109 cm³/mol. The Labute approximate surface area is 170 Å². The number of sulfonamides is 1. The van der Waals surface area contributed by atoms with E-state index in [1.807, 2.05) is 29.1 Å². The second kappa shape index (κ2) is 7.42. The van der Waals surface area contributed by atoms with E-state index in [0.717, 1.165) is 43.4 Å². The number of fused-ring (bicyclic) bond motifs is 1. The molecule has 1 unspecified atom stereocenters. The quantitative estimate of drug-likeness (QED) is 0.648. The van der Waals surface area contributed by atoms with Crippen LogP contribution in [0.4, 0.5) is 0 Å². The SMILES string of the molecule is O=S(=O)(NC1CCCc2c1cnn2Cc1ccccc1)c1ccnn1CC1CC1. The number of hydrogen-bond acceptors (Lipinski definition) is 4. The summed E-state index contributed by atoms with van der Waals surface area (Å²) >= 11 is 0. The van der Waals surface area contributed by atoms with Crippen molar-refractivity contribution in [3.8, 4) is 0 Å². The Hall–Kier alpha value is -2.45. The molecule has 8 heteroatoms. The number of aromatic nitrogens is 4. The Balaban J connectivity index is 1.37. The summed E-state index contributed by atoms with van der Waals surface area (Å²) in [6.07, 6.45) is 8.33. The first kappa shape index (κ1) is 18.6. The predicted octanol–water partition coefficient (Wildman–Crippen LogP) is 2.89. The molecule has 3 aromatic rings. The molecule has 0 amide bonds. The van der Waals surface area contributed by atoms with Crippen molar-refractivity contribution in [2.75, 3.05) is 0 Å². The van der Waals surface area contributed by atoms with Gasteiger partial charge in [-0.1, -0.05) is 30.3 Å². The van der Waals surface area contributed by atoms with E-state index in [9.17, 15) is 8.42 Å². The Morgan fingerprint density at radius 2 is 1.86 bits per heavy atom. The minimum absolute atomic E-state index is 0.252. The third-order valence-electron chi connectivity index (χ3n) is 5.82. The molecule has 0 spiro atoms. The van der Waals surface area contributed by atoms with Crippen LogP contribution in [0.25, 0.3) is 0 Å². The lowest BCUT2D eigenvalue weighted by molar-refractivity contribution is 0.475. The van der Waals surface area contributed by atoms with Crippen molar-refractivity contribution in [3.05, 3.63) is 65.6 Å². The fraction of sp³-hybridized carbons (Fsp3) is 0.429. The van der Waals surface area contributed by atoms with Crippen molar-refractivity contribution in [1.29, 1.82) is 0 Å². The van der Waals surface area contributed by atoms with E-state index in [1.54, 1.807) is 16.9 Å². The summed E-state index contributed by atoms with van der Waals surface area (Å²) in [5.41, 5.74) is 3.30. The number of nitrogens with zero attached hydrogens (tertiary/aromatic N) is 4. The van der Waals surface area contributed by atoms with Crippen LogP contribution in [0.15, 0.2) is 53.8 Å². The maximum absolute atomic E-state index is 13.1. The molecule has 2 aliphatic carbocycles. The molecular formula is C21H25N5O2S. The van der Waals surface area contributed by atoms with Gasteiger partial charge in [0.2, 0.25) is 0 Å². The molecule has 152 valence electrons. The second-order valence-corrected chi connectivity index (χ2v) is 9.71. The van der Waals surface area contributed by atoms with Crippen LogP contribution in [-0.4, -0.2) is 28.0 Å². The van der Waals surface area contributed by atoms with Crippen LogP contribution in [0.2, 0.25) is 0 Å². The van der Waals surface area contributed by atoms with Gasteiger partial charge >= 0.3 is 0 Å². The minimum Gasteiger partial charge on any atom is -0.265 e. The standard InChI is InChI=1S/C21H25N5O2S/c27-29(28,21-11-12-22-26(21)15-17-9-10-17)24-19-7-4-8-20-18(19)13-23-25(20)14-16-5-2-1-3-6-16/h1-3,5-6,11-13,17,19,24H,4,7-10,14-15H2. The third-order valence-corrected chi connectivity index (χ3v) is 7.31. The molecule has 1 aromatic carbocycles. The van der Waals surface area contributed by atoms with E-state index in [2.05, 4.69) is 27.1 Å². The van der Waals surface area contributed by atoms with Crippen LogP contribution in [0.3, 0.4) is 0 Å². The van der Waals surface area contributed by atoms with Crippen molar-refractivity contribution in [3.63, 3.8) is 0 Å². The van der Waals surface area contributed by atoms with Crippen molar-refractivity contribution >= 4 is 10.0 Å². The van der Waals surface area contributed by atoms with Gasteiger partial charge in [0.05, 0.1) is 25.0 Å². The number of nitrogens with one attached hydrogen (secondary N) is 1. The highest BCUT2D eigenvalue weighted by Crippen LogP contribution is 2.33. The number of rotatable bonds is 7. The van der Waals surface area contributed by atoms with Gasteiger partial charge in [0, 0.05) is 17.8 Å². The van der Waals surface area contributed by atoms with Gasteiger partial charge in [-0.15, -0.1) is 0 Å². The third kappa shape index (κ3) is 3.86. The van der Waals surface area contributed by atoms with E-state index in [1.165, 1.54) is 5.56 Å². The zero-order valence-electron chi connectivity index (χ0n) is 16.2. The van der Waals surface area contributed by atoms with Crippen LogP contribution in [0.1, 0.15) is 48.5 Å². The Morgan fingerprint density at radius 1 is 1.03 bits per heavy atom. The smallest absolute Gasteiger partial charge is 0.258 e. The highest BCUT2D eigenvalue weighted by atomic mass is 32.2. The molecule has 5 rings (SSSR count). The lowest BCUT2D eigenvalue weighted by Gasteiger charge is -2.24. The van der Waals surface area contributed by atoms with Crippen LogP contribution in [0, 0.1) is 5.92 Å². The van der Waals surface area contributed by atoms with Crippen molar-refractivity contribution in [2.24, 2.45) is 5.92 Å². The number of hydrogen-bond donors (Lipinski definition) is 1. The summed E-state index contributed by atoms with van der Waals surface area (Å²) < 4.78 is 32.7. The first-order valence-electron chi connectivity index (χ1n) is 10.2. The molecule has 0 aliphatic heterocycles. The average Bonchev–Trinajstić information content (AvgIpc) is 3.22. The van der Waals surface area contributed by atoms with E-state index in [4.69, 9.17) is 0 Å². The summed E-state index contributed by atoms with van der Waals surface area (Å²) in [5.74, 6) is 0.557. The van der Waals surface area contributed by atoms with Gasteiger partial charge in [-0.2, -0.15) is 10.2 Å². The molecule has 2 aromatic heterocycles. The summed E-state index contributed by atoms with van der Waals surface area (Å²) in [7, 11) is -3.64. The van der Waals surface area contributed by atoms with Crippen LogP contribution < -0.4 is 4.72 Å². The molecular weight excluding hydrogens is 386 g/mol. The van der Waals surface area contributed by atoms with Crippen LogP contribution in [-0.2, 0) is 29.5 Å². The lowest BCUT2D eigenvalue weighted by atomic mass is 9.94. The maximum Gasteiger partial charge on any atom is 0.258 e. The average molecular weight is 412 g/mol. The van der Waals surface area contributed by atoms with E-state index < -0.39 is 10.0 Å². The van der Waals surface area contributed by atoms with Gasteiger partial charge in [0.15, 0.2) is 5.03 Å². The molecule has 1 fully saturated rings. The van der Waals surface area contributed by atoms with Gasteiger partial charge in [0.25, 0.3) is 10.0 Å². The molecule has 0 saturated heterocycles. The van der Waals surface area contributed by atoms with Gasteiger partial charge < -0.3 is 0 Å². The first-order valence-corrected chi connectivity index (χ1v) is 11.7. The fourth-order valence-electron chi connectivity index (χ4n) is 4.11. The zero-order valence-corrected chi connectivity index (χ0v) is 17.1. The second-order valence-electron chi connectivity index (χ2n) is 8.05. The summed E-state index contributed by atoms with van der Waals surface area (Å²) in [6.45, 7) is 1.37. The van der Waals surface area contributed by atoms with Gasteiger partial charge in [-0.25, -0.2) is 13.1 Å². The molecule has 1 saturated carbocycles. The Morgan fingerprint density at radius 3 is 2.66 bits per heavy atom. The monoisotopic (exact) mass is 411 g/mol. The summed E-state index contributed by atoms with van der Waals surface area (Å²) in [6, 6.07) is 11.5.